The quantitative estimate of drug-likeness (QED) is 0.805. The van der Waals surface area contributed by atoms with E-state index >= 15 is 0 Å². The van der Waals surface area contributed by atoms with E-state index in [0.29, 0.717) is 39.4 Å². The predicted molar refractivity (Wildman–Crippen MR) is 105 cm³/mol. The van der Waals surface area contributed by atoms with Crippen LogP contribution in [-0.4, -0.2) is 67.7 Å². The van der Waals surface area contributed by atoms with Gasteiger partial charge in [0, 0.05) is 32.7 Å². The Morgan fingerprint density at radius 3 is 2.78 bits per heavy atom. The molecule has 1 aromatic rings. The molecule has 1 N–H and O–H groups in total. The van der Waals surface area contributed by atoms with Gasteiger partial charge in [-0.25, -0.2) is 4.79 Å². The lowest BCUT2D eigenvalue weighted by atomic mass is 9.96. The summed E-state index contributed by atoms with van der Waals surface area (Å²) >= 11 is 0. The second-order valence-electron chi connectivity index (χ2n) is 7.55. The molecule has 6 nitrogen and oxygen atoms in total. The van der Waals surface area contributed by atoms with Gasteiger partial charge in [0.2, 0.25) is 5.91 Å². The van der Waals surface area contributed by atoms with E-state index in [9.17, 15) is 9.59 Å². The lowest BCUT2D eigenvalue weighted by molar-refractivity contribution is -0.141. The Kier molecular flexibility index (Phi) is 7.10. The van der Waals surface area contributed by atoms with Crippen molar-refractivity contribution in [2.75, 3.05) is 45.9 Å². The summed E-state index contributed by atoms with van der Waals surface area (Å²) in [5.74, 6) is 0.102. The van der Waals surface area contributed by atoms with Gasteiger partial charge in [0.15, 0.2) is 0 Å². The summed E-state index contributed by atoms with van der Waals surface area (Å²) in [4.78, 5) is 28.8. The van der Waals surface area contributed by atoms with Crippen molar-refractivity contribution in [2.24, 2.45) is 5.92 Å². The fraction of sp³-hybridized carbons (Fsp3) is 0.619. The maximum Gasteiger partial charge on any atom is 0.317 e. The smallest absolute Gasteiger partial charge is 0.317 e. The molecule has 2 aliphatic heterocycles. The highest BCUT2D eigenvalue weighted by atomic mass is 16.5. The molecular formula is C21H31N3O3. The first-order valence-corrected chi connectivity index (χ1v) is 10.1. The Morgan fingerprint density at radius 1 is 1.19 bits per heavy atom. The maximum absolute atomic E-state index is 12.7. The molecule has 6 heteroatoms. The van der Waals surface area contributed by atoms with Crippen LogP contribution < -0.4 is 5.32 Å². The number of amides is 3. The number of morpholine rings is 1. The number of nitrogens with zero attached hydrogens (tertiary/aromatic N) is 2. The molecule has 0 aromatic heterocycles. The first-order chi connectivity index (χ1) is 13.1. The van der Waals surface area contributed by atoms with Crippen LogP contribution in [0.1, 0.15) is 30.4 Å². The fourth-order valence-corrected chi connectivity index (χ4v) is 3.87. The van der Waals surface area contributed by atoms with E-state index in [1.807, 2.05) is 4.90 Å². The van der Waals surface area contributed by atoms with Gasteiger partial charge in [0.1, 0.15) is 0 Å². The molecule has 3 amide bonds. The SMILES string of the molecule is Cc1cccc(CCCNC(=O)N2CCC[C@H](C(=O)N3CCOCC3)C2)c1. The van der Waals surface area contributed by atoms with Gasteiger partial charge in [-0.05, 0) is 38.2 Å². The summed E-state index contributed by atoms with van der Waals surface area (Å²) in [6, 6.07) is 8.44. The lowest BCUT2D eigenvalue weighted by Gasteiger charge is -2.36. The summed E-state index contributed by atoms with van der Waals surface area (Å²) in [6.45, 7) is 6.58. The Morgan fingerprint density at radius 2 is 2.00 bits per heavy atom. The third kappa shape index (κ3) is 5.70. The average Bonchev–Trinajstić information content (AvgIpc) is 2.71. The van der Waals surface area contributed by atoms with Crippen molar-refractivity contribution in [3.05, 3.63) is 35.4 Å². The highest BCUT2D eigenvalue weighted by Gasteiger charge is 2.31. The third-order valence-electron chi connectivity index (χ3n) is 5.38. The number of ether oxygens (including phenoxy) is 1. The van der Waals surface area contributed by atoms with Crippen LogP contribution in [0.2, 0.25) is 0 Å². The number of benzene rings is 1. The zero-order valence-electron chi connectivity index (χ0n) is 16.3. The van der Waals surface area contributed by atoms with Gasteiger partial charge in [-0.15, -0.1) is 0 Å². The Labute approximate surface area is 161 Å². The molecule has 0 radical (unpaired) electrons. The Hall–Kier alpha value is -2.08. The molecule has 2 aliphatic rings. The highest BCUT2D eigenvalue weighted by Crippen LogP contribution is 2.19. The fourth-order valence-electron chi connectivity index (χ4n) is 3.87. The van der Waals surface area contributed by atoms with Gasteiger partial charge < -0.3 is 19.9 Å². The average molecular weight is 373 g/mol. The number of hydrogen-bond acceptors (Lipinski definition) is 3. The largest absolute Gasteiger partial charge is 0.378 e. The number of carbonyl (C=O) groups is 2. The molecule has 2 heterocycles. The number of urea groups is 1. The minimum absolute atomic E-state index is 0.0429. The highest BCUT2D eigenvalue weighted by molar-refractivity contribution is 5.81. The number of likely N-dealkylation sites (tertiary alicyclic amines) is 1. The second kappa shape index (κ2) is 9.74. The van der Waals surface area contributed by atoms with Crippen LogP contribution in [0.4, 0.5) is 4.79 Å². The molecule has 2 fully saturated rings. The maximum atomic E-state index is 12.7. The van der Waals surface area contributed by atoms with E-state index in [0.717, 1.165) is 32.2 Å². The molecule has 1 aromatic carbocycles. The van der Waals surface area contributed by atoms with Crippen LogP contribution in [0.5, 0.6) is 0 Å². The number of piperidine rings is 1. The van der Waals surface area contributed by atoms with E-state index in [1.54, 1.807) is 4.90 Å². The molecule has 148 valence electrons. The van der Waals surface area contributed by atoms with Crippen molar-refractivity contribution < 1.29 is 14.3 Å². The molecule has 1 atom stereocenters. The normalized spacial score (nSPS) is 20.4. The van der Waals surface area contributed by atoms with Crippen LogP contribution in [-0.2, 0) is 16.0 Å². The summed E-state index contributed by atoms with van der Waals surface area (Å²) in [7, 11) is 0. The monoisotopic (exact) mass is 373 g/mol. The van der Waals surface area contributed by atoms with Crippen molar-refractivity contribution in [1.29, 1.82) is 0 Å². The summed E-state index contributed by atoms with van der Waals surface area (Å²) in [6.07, 6.45) is 3.63. The summed E-state index contributed by atoms with van der Waals surface area (Å²) < 4.78 is 5.32. The van der Waals surface area contributed by atoms with Crippen molar-refractivity contribution in [1.82, 2.24) is 15.1 Å². The lowest BCUT2D eigenvalue weighted by Crippen LogP contribution is -2.51. The summed E-state index contributed by atoms with van der Waals surface area (Å²) in [5, 5.41) is 3.02. The number of rotatable bonds is 5. The molecule has 0 bridgehead atoms. The van der Waals surface area contributed by atoms with Crippen molar-refractivity contribution in [3.8, 4) is 0 Å². The van der Waals surface area contributed by atoms with Gasteiger partial charge in [0.25, 0.3) is 0 Å². The van der Waals surface area contributed by atoms with Crippen LogP contribution in [0.25, 0.3) is 0 Å². The third-order valence-corrected chi connectivity index (χ3v) is 5.38. The number of hydrogen-bond donors (Lipinski definition) is 1. The molecule has 0 unspecified atom stereocenters. The molecular weight excluding hydrogens is 342 g/mol. The van der Waals surface area contributed by atoms with E-state index < -0.39 is 0 Å². The number of aryl methyl sites for hydroxylation is 2. The molecule has 0 saturated carbocycles. The van der Waals surface area contributed by atoms with Gasteiger partial charge in [-0.3, -0.25) is 4.79 Å². The van der Waals surface area contributed by atoms with E-state index in [-0.39, 0.29) is 17.9 Å². The first kappa shape index (κ1) is 19.7. The van der Waals surface area contributed by atoms with Gasteiger partial charge in [-0.1, -0.05) is 29.8 Å². The predicted octanol–water partition coefficient (Wildman–Crippen LogP) is 2.21. The molecule has 3 rings (SSSR count). The molecule has 27 heavy (non-hydrogen) atoms. The Balaban J connectivity index is 1.40. The first-order valence-electron chi connectivity index (χ1n) is 10.1. The van der Waals surface area contributed by atoms with Gasteiger partial charge >= 0.3 is 6.03 Å². The van der Waals surface area contributed by atoms with Crippen LogP contribution in [0, 0.1) is 12.8 Å². The van der Waals surface area contributed by atoms with Crippen LogP contribution in [0.3, 0.4) is 0 Å². The molecule has 0 aliphatic carbocycles. The van der Waals surface area contributed by atoms with Crippen molar-refractivity contribution in [2.45, 2.75) is 32.6 Å². The second-order valence-corrected chi connectivity index (χ2v) is 7.55. The van der Waals surface area contributed by atoms with E-state index in [1.165, 1.54) is 11.1 Å². The van der Waals surface area contributed by atoms with Crippen molar-refractivity contribution in [3.63, 3.8) is 0 Å². The van der Waals surface area contributed by atoms with Gasteiger partial charge in [-0.2, -0.15) is 0 Å². The number of nitrogens with one attached hydrogen (secondary N) is 1. The minimum atomic E-state index is -0.0742. The Bertz CT molecular complexity index is 643. The topological polar surface area (TPSA) is 61.9 Å². The summed E-state index contributed by atoms with van der Waals surface area (Å²) in [5.41, 5.74) is 2.57. The number of carbonyl (C=O) groups excluding carboxylic acids is 2. The standard InChI is InChI=1S/C21H31N3O3/c1-17-5-2-6-18(15-17)7-3-9-22-21(26)24-10-4-8-19(16-24)20(25)23-11-13-27-14-12-23/h2,5-6,15,19H,3-4,7-14,16H2,1H3,(H,22,26)/t19-/m0/s1. The van der Waals surface area contributed by atoms with Gasteiger partial charge in [0.05, 0.1) is 19.1 Å². The van der Waals surface area contributed by atoms with E-state index in [2.05, 4.69) is 36.5 Å². The zero-order valence-corrected chi connectivity index (χ0v) is 16.3. The van der Waals surface area contributed by atoms with Crippen molar-refractivity contribution >= 4 is 11.9 Å². The molecule has 2 saturated heterocycles. The zero-order chi connectivity index (χ0) is 19.1. The van der Waals surface area contributed by atoms with E-state index in [4.69, 9.17) is 4.74 Å². The van der Waals surface area contributed by atoms with Crippen LogP contribution >= 0.6 is 0 Å². The molecule has 0 spiro atoms. The van der Waals surface area contributed by atoms with Crippen LogP contribution in [0.15, 0.2) is 24.3 Å². The minimum Gasteiger partial charge on any atom is -0.378 e.